The summed E-state index contributed by atoms with van der Waals surface area (Å²) in [6.45, 7) is 4.85. The molecule has 0 saturated carbocycles. The number of esters is 1. The molecule has 0 aliphatic carbocycles. The van der Waals surface area contributed by atoms with Crippen molar-refractivity contribution in [2.24, 2.45) is 0 Å². The molecule has 1 unspecified atom stereocenters. The van der Waals surface area contributed by atoms with Gasteiger partial charge in [0, 0.05) is 13.1 Å². The van der Waals surface area contributed by atoms with E-state index in [-0.39, 0.29) is 11.9 Å². The Kier molecular flexibility index (Phi) is 6.68. The van der Waals surface area contributed by atoms with E-state index in [4.69, 9.17) is 4.74 Å². The van der Waals surface area contributed by atoms with E-state index in [2.05, 4.69) is 5.32 Å². The van der Waals surface area contributed by atoms with Crippen molar-refractivity contribution in [3.8, 4) is 0 Å². The lowest BCUT2D eigenvalue weighted by atomic mass is 9.96. The Labute approximate surface area is 121 Å². The van der Waals surface area contributed by atoms with Gasteiger partial charge < -0.3 is 15.2 Å². The van der Waals surface area contributed by atoms with Crippen LogP contribution in [-0.4, -0.2) is 36.9 Å². The van der Waals surface area contributed by atoms with Crippen LogP contribution >= 0.6 is 0 Å². The fraction of sp³-hybridized carbons (Fsp3) is 0.562. The zero-order chi connectivity index (χ0) is 15.0. The maximum Gasteiger partial charge on any atom is 0.314 e. The molecule has 1 aromatic rings. The molecule has 4 nitrogen and oxygen atoms in total. The van der Waals surface area contributed by atoms with Gasteiger partial charge in [-0.25, -0.2) is 0 Å². The Bertz CT molecular complexity index is 401. The maximum absolute atomic E-state index is 11.9. The van der Waals surface area contributed by atoms with Crippen molar-refractivity contribution < 1.29 is 14.6 Å². The van der Waals surface area contributed by atoms with Gasteiger partial charge >= 0.3 is 5.97 Å². The van der Waals surface area contributed by atoms with Crippen LogP contribution < -0.4 is 5.32 Å². The highest BCUT2D eigenvalue weighted by Crippen LogP contribution is 2.17. The minimum absolute atomic E-state index is 0.264. The lowest BCUT2D eigenvalue weighted by molar-refractivity contribution is -0.142. The number of carbonyl (C=O) groups excluding carboxylic acids is 1. The average Bonchev–Trinajstić information content (AvgIpc) is 2.51. The first-order chi connectivity index (χ1) is 9.56. The van der Waals surface area contributed by atoms with E-state index in [0.717, 1.165) is 5.56 Å². The van der Waals surface area contributed by atoms with Crippen LogP contribution in [0.1, 0.15) is 38.2 Å². The number of hydrogen-bond acceptors (Lipinski definition) is 4. The maximum atomic E-state index is 11.9. The van der Waals surface area contributed by atoms with Crippen molar-refractivity contribution in [2.75, 3.05) is 20.2 Å². The van der Waals surface area contributed by atoms with Gasteiger partial charge in [0.05, 0.1) is 18.6 Å². The van der Waals surface area contributed by atoms with Gasteiger partial charge in [-0.2, -0.15) is 0 Å². The predicted molar refractivity (Wildman–Crippen MR) is 79.6 cm³/mol. The van der Waals surface area contributed by atoms with Crippen molar-refractivity contribution in [3.05, 3.63) is 35.9 Å². The van der Waals surface area contributed by atoms with Gasteiger partial charge in [0.25, 0.3) is 0 Å². The Hall–Kier alpha value is -1.39. The lowest BCUT2D eigenvalue weighted by Crippen LogP contribution is -2.41. The molecule has 0 aliphatic heterocycles. The van der Waals surface area contributed by atoms with Crippen molar-refractivity contribution in [2.45, 2.75) is 38.2 Å². The Morgan fingerprint density at radius 1 is 1.30 bits per heavy atom. The third-order valence-electron chi connectivity index (χ3n) is 3.81. The van der Waals surface area contributed by atoms with Crippen LogP contribution in [0.3, 0.4) is 0 Å². The van der Waals surface area contributed by atoms with Gasteiger partial charge in [-0.05, 0) is 18.4 Å². The minimum atomic E-state index is -0.711. The SMILES string of the molecule is CCC(O)(CC)CNCC(C(=O)OC)c1ccccc1. The fourth-order valence-electron chi connectivity index (χ4n) is 2.11. The molecule has 0 spiro atoms. The second-order valence-corrected chi connectivity index (χ2v) is 5.05. The number of methoxy groups -OCH3 is 1. The number of benzene rings is 1. The molecule has 20 heavy (non-hydrogen) atoms. The molecule has 0 aromatic heterocycles. The number of carbonyl (C=O) groups is 1. The fourth-order valence-corrected chi connectivity index (χ4v) is 2.11. The molecular formula is C16H25NO3. The first-order valence-corrected chi connectivity index (χ1v) is 7.12. The second kappa shape index (κ2) is 8.02. The molecule has 1 aromatic carbocycles. The molecule has 1 atom stereocenters. The van der Waals surface area contributed by atoms with Crippen LogP contribution in [0.15, 0.2) is 30.3 Å². The van der Waals surface area contributed by atoms with Crippen molar-refractivity contribution in [1.29, 1.82) is 0 Å². The predicted octanol–water partition coefficient (Wildman–Crippen LogP) is 2.08. The summed E-state index contributed by atoms with van der Waals surface area (Å²) >= 11 is 0. The summed E-state index contributed by atoms with van der Waals surface area (Å²) in [6.07, 6.45) is 1.37. The lowest BCUT2D eigenvalue weighted by Gasteiger charge is -2.26. The Morgan fingerprint density at radius 3 is 2.40 bits per heavy atom. The first kappa shape index (κ1) is 16.7. The standard InChI is InChI=1S/C16H25NO3/c1-4-16(19,5-2)12-17-11-14(15(18)20-3)13-9-7-6-8-10-13/h6-10,14,17,19H,4-5,11-12H2,1-3H3. The third kappa shape index (κ3) is 4.62. The van der Waals surface area contributed by atoms with Crippen LogP contribution in [0.25, 0.3) is 0 Å². The van der Waals surface area contributed by atoms with E-state index in [9.17, 15) is 9.90 Å². The highest BCUT2D eigenvalue weighted by atomic mass is 16.5. The van der Waals surface area contributed by atoms with Crippen LogP contribution in [0.4, 0.5) is 0 Å². The first-order valence-electron chi connectivity index (χ1n) is 7.12. The normalized spacial score (nSPS) is 13.0. The number of rotatable bonds is 8. The summed E-state index contributed by atoms with van der Waals surface area (Å²) in [4.78, 5) is 11.9. The molecule has 0 aliphatic rings. The zero-order valence-electron chi connectivity index (χ0n) is 12.6. The Balaban J connectivity index is 2.66. The van der Waals surface area contributed by atoms with Gasteiger partial charge in [-0.15, -0.1) is 0 Å². The van der Waals surface area contributed by atoms with Crippen molar-refractivity contribution in [3.63, 3.8) is 0 Å². The molecule has 112 valence electrons. The summed E-state index contributed by atoms with van der Waals surface area (Å²) in [5.74, 6) is -0.612. The second-order valence-electron chi connectivity index (χ2n) is 5.05. The summed E-state index contributed by atoms with van der Waals surface area (Å²) in [5.41, 5.74) is 0.209. The third-order valence-corrected chi connectivity index (χ3v) is 3.81. The summed E-state index contributed by atoms with van der Waals surface area (Å²) in [7, 11) is 1.40. The molecule has 2 N–H and O–H groups in total. The number of hydrogen-bond donors (Lipinski definition) is 2. The number of ether oxygens (including phenoxy) is 1. The number of nitrogens with one attached hydrogen (secondary N) is 1. The molecule has 0 fully saturated rings. The topological polar surface area (TPSA) is 58.6 Å². The van der Waals surface area contributed by atoms with E-state index in [1.165, 1.54) is 7.11 Å². The molecular weight excluding hydrogens is 254 g/mol. The molecule has 0 radical (unpaired) electrons. The minimum Gasteiger partial charge on any atom is -0.469 e. The van der Waals surface area contributed by atoms with Gasteiger partial charge in [-0.1, -0.05) is 44.2 Å². The summed E-state index contributed by atoms with van der Waals surface area (Å²) in [5, 5.41) is 13.4. The molecule has 0 bridgehead atoms. The molecule has 0 amide bonds. The average molecular weight is 279 g/mol. The van der Waals surface area contributed by atoms with E-state index >= 15 is 0 Å². The van der Waals surface area contributed by atoms with E-state index in [1.54, 1.807) is 0 Å². The van der Waals surface area contributed by atoms with E-state index in [1.807, 2.05) is 44.2 Å². The smallest absolute Gasteiger partial charge is 0.314 e. The van der Waals surface area contributed by atoms with Crippen LogP contribution in [0, 0.1) is 0 Å². The number of aliphatic hydroxyl groups is 1. The quantitative estimate of drug-likeness (QED) is 0.715. The summed E-state index contributed by atoms with van der Waals surface area (Å²) < 4.78 is 4.86. The van der Waals surface area contributed by atoms with E-state index < -0.39 is 5.60 Å². The van der Waals surface area contributed by atoms with Crippen LogP contribution in [-0.2, 0) is 9.53 Å². The summed E-state index contributed by atoms with van der Waals surface area (Å²) in [6, 6.07) is 9.54. The highest BCUT2D eigenvalue weighted by Gasteiger charge is 2.25. The molecule has 1 rings (SSSR count). The molecule has 0 saturated heterocycles. The van der Waals surface area contributed by atoms with Gasteiger partial charge in [-0.3, -0.25) is 4.79 Å². The zero-order valence-corrected chi connectivity index (χ0v) is 12.6. The Morgan fingerprint density at radius 2 is 1.90 bits per heavy atom. The van der Waals surface area contributed by atoms with Gasteiger partial charge in [0.15, 0.2) is 0 Å². The van der Waals surface area contributed by atoms with Crippen molar-refractivity contribution >= 4 is 5.97 Å². The van der Waals surface area contributed by atoms with Crippen molar-refractivity contribution in [1.82, 2.24) is 5.32 Å². The van der Waals surface area contributed by atoms with Crippen LogP contribution in [0.5, 0.6) is 0 Å². The van der Waals surface area contributed by atoms with E-state index in [0.29, 0.717) is 25.9 Å². The monoisotopic (exact) mass is 279 g/mol. The highest BCUT2D eigenvalue weighted by molar-refractivity contribution is 5.78. The largest absolute Gasteiger partial charge is 0.469 e. The molecule has 4 heteroatoms. The van der Waals surface area contributed by atoms with Crippen LogP contribution in [0.2, 0.25) is 0 Å². The van der Waals surface area contributed by atoms with Gasteiger partial charge in [0.1, 0.15) is 0 Å². The molecule has 0 heterocycles. The van der Waals surface area contributed by atoms with Gasteiger partial charge in [0.2, 0.25) is 0 Å².